The van der Waals surface area contributed by atoms with E-state index in [2.05, 4.69) is 9.88 Å². The molecule has 1 saturated heterocycles. The van der Waals surface area contributed by atoms with Gasteiger partial charge in [0, 0.05) is 25.1 Å². The number of hydrogen-bond acceptors (Lipinski definition) is 6. The van der Waals surface area contributed by atoms with Crippen LogP contribution in [0.25, 0.3) is 0 Å². The van der Waals surface area contributed by atoms with Crippen LogP contribution in [-0.4, -0.2) is 43.4 Å². The lowest BCUT2D eigenvalue weighted by Crippen LogP contribution is -2.39. The summed E-state index contributed by atoms with van der Waals surface area (Å²) in [5, 5.41) is 2.64. The molecule has 19 heavy (non-hydrogen) atoms. The molecule has 2 rings (SSSR count). The van der Waals surface area contributed by atoms with Gasteiger partial charge in [-0.05, 0) is 26.7 Å². The lowest BCUT2D eigenvalue weighted by Gasteiger charge is -2.32. The molecule has 1 fully saturated rings. The predicted octanol–water partition coefficient (Wildman–Crippen LogP) is 2.33. The van der Waals surface area contributed by atoms with Crippen molar-refractivity contribution < 1.29 is 14.3 Å². The first kappa shape index (κ1) is 14.3. The molecule has 0 N–H and O–H groups in total. The maximum atomic E-state index is 11.6. The lowest BCUT2D eigenvalue weighted by molar-refractivity contribution is 0.0519. The number of carbonyl (C=O) groups excluding carboxylic acids is 1. The highest BCUT2D eigenvalue weighted by atomic mass is 32.1. The van der Waals surface area contributed by atoms with E-state index in [1.165, 1.54) is 11.3 Å². The summed E-state index contributed by atoms with van der Waals surface area (Å²) in [5.74, 6) is -0.344. The highest BCUT2D eigenvalue weighted by molar-refractivity contribution is 7.13. The molecule has 0 spiro atoms. The molecule has 2 heterocycles. The van der Waals surface area contributed by atoms with Crippen LogP contribution in [0.3, 0.4) is 0 Å². The number of thiazole rings is 1. The van der Waals surface area contributed by atoms with Gasteiger partial charge in [0.2, 0.25) is 0 Å². The van der Waals surface area contributed by atoms with Crippen molar-refractivity contribution >= 4 is 22.4 Å². The van der Waals surface area contributed by atoms with Crippen LogP contribution in [0.4, 0.5) is 5.13 Å². The third-order valence-corrected chi connectivity index (χ3v) is 3.93. The summed E-state index contributed by atoms with van der Waals surface area (Å²) in [7, 11) is 0. The third-order valence-electron chi connectivity index (χ3n) is 3.03. The maximum absolute atomic E-state index is 11.6. The minimum absolute atomic E-state index is 0.272. The topological polar surface area (TPSA) is 51.7 Å². The minimum atomic E-state index is -0.344. The Kier molecular flexibility index (Phi) is 5.15. The summed E-state index contributed by atoms with van der Waals surface area (Å²) in [6.07, 6.45) is 2.47. The number of aromatic nitrogens is 1. The lowest BCUT2D eigenvalue weighted by atomic mass is 10.1. The Morgan fingerprint density at radius 2 is 2.37 bits per heavy atom. The second-order valence-electron chi connectivity index (χ2n) is 4.40. The zero-order valence-corrected chi connectivity index (χ0v) is 12.2. The van der Waals surface area contributed by atoms with Crippen LogP contribution in [0.15, 0.2) is 5.38 Å². The molecular weight excluding hydrogens is 264 g/mol. The molecule has 0 amide bonds. The molecule has 0 radical (unpaired) electrons. The van der Waals surface area contributed by atoms with Gasteiger partial charge < -0.3 is 14.4 Å². The first-order valence-electron chi connectivity index (χ1n) is 6.73. The van der Waals surface area contributed by atoms with E-state index in [9.17, 15) is 4.79 Å². The number of ether oxygens (including phenoxy) is 2. The molecule has 0 aromatic carbocycles. The van der Waals surface area contributed by atoms with Crippen molar-refractivity contribution in [3.63, 3.8) is 0 Å². The summed E-state index contributed by atoms with van der Waals surface area (Å²) in [6.45, 7) is 6.75. The maximum Gasteiger partial charge on any atom is 0.357 e. The molecule has 1 aliphatic heterocycles. The molecule has 1 aromatic heterocycles. The summed E-state index contributed by atoms with van der Waals surface area (Å²) in [4.78, 5) is 18.1. The molecule has 0 saturated carbocycles. The molecular formula is C13H20N2O3S. The number of anilines is 1. The zero-order valence-electron chi connectivity index (χ0n) is 11.4. The highest BCUT2D eigenvalue weighted by Gasteiger charge is 2.23. The van der Waals surface area contributed by atoms with Crippen molar-refractivity contribution in [1.29, 1.82) is 0 Å². The minimum Gasteiger partial charge on any atom is -0.461 e. The summed E-state index contributed by atoms with van der Waals surface area (Å²) in [6, 6.07) is 0. The van der Waals surface area contributed by atoms with Gasteiger partial charge in [-0.15, -0.1) is 11.3 Å². The first-order chi connectivity index (χ1) is 9.24. The van der Waals surface area contributed by atoms with Gasteiger partial charge in [-0.2, -0.15) is 0 Å². The summed E-state index contributed by atoms with van der Waals surface area (Å²) >= 11 is 1.49. The Hall–Kier alpha value is -1.14. The molecule has 106 valence electrons. The van der Waals surface area contributed by atoms with Gasteiger partial charge >= 0.3 is 5.97 Å². The van der Waals surface area contributed by atoms with Crippen molar-refractivity contribution in [2.24, 2.45) is 0 Å². The van der Waals surface area contributed by atoms with Gasteiger partial charge in [-0.1, -0.05) is 0 Å². The van der Waals surface area contributed by atoms with Gasteiger partial charge in [-0.25, -0.2) is 9.78 Å². The number of nitrogens with zero attached hydrogens (tertiary/aromatic N) is 2. The van der Waals surface area contributed by atoms with Crippen LogP contribution in [0.1, 0.15) is 37.2 Å². The van der Waals surface area contributed by atoms with E-state index in [4.69, 9.17) is 9.47 Å². The van der Waals surface area contributed by atoms with Crippen LogP contribution in [-0.2, 0) is 9.47 Å². The van der Waals surface area contributed by atoms with Gasteiger partial charge in [0.05, 0.1) is 12.7 Å². The molecule has 1 aliphatic rings. The largest absolute Gasteiger partial charge is 0.461 e. The smallest absolute Gasteiger partial charge is 0.357 e. The molecule has 0 bridgehead atoms. The van der Waals surface area contributed by atoms with Gasteiger partial charge in [0.25, 0.3) is 0 Å². The van der Waals surface area contributed by atoms with Crippen LogP contribution in [0.2, 0.25) is 0 Å². The Balaban J connectivity index is 1.99. The average Bonchev–Trinajstić information content (AvgIpc) is 2.89. The number of piperidine rings is 1. The number of carbonyl (C=O) groups is 1. The quantitative estimate of drug-likeness (QED) is 0.777. The van der Waals surface area contributed by atoms with Crippen LogP contribution < -0.4 is 4.90 Å². The van der Waals surface area contributed by atoms with E-state index < -0.39 is 0 Å². The van der Waals surface area contributed by atoms with Crippen LogP contribution >= 0.6 is 11.3 Å². The fraction of sp³-hybridized carbons (Fsp3) is 0.692. The zero-order chi connectivity index (χ0) is 13.7. The number of rotatable bonds is 5. The Morgan fingerprint density at radius 1 is 1.53 bits per heavy atom. The summed E-state index contributed by atoms with van der Waals surface area (Å²) < 4.78 is 10.6. The fourth-order valence-corrected chi connectivity index (χ4v) is 3.02. The number of esters is 1. The van der Waals surface area contributed by atoms with E-state index in [0.29, 0.717) is 12.3 Å². The molecule has 1 atom stereocenters. The van der Waals surface area contributed by atoms with Crippen molar-refractivity contribution in [1.82, 2.24) is 4.98 Å². The Bertz CT molecular complexity index is 420. The Morgan fingerprint density at radius 3 is 3.11 bits per heavy atom. The predicted molar refractivity (Wildman–Crippen MR) is 74.9 cm³/mol. The van der Waals surface area contributed by atoms with Crippen molar-refractivity contribution in [3.05, 3.63) is 11.1 Å². The average molecular weight is 284 g/mol. The summed E-state index contributed by atoms with van der Waals surface area (Å²) in [5.41, 5.74) is 0.403. The molecule has 0 aliphatic carbocycles. The van der Waals surface area contributed by atoms with E-state index in [1.807, 2.05) is 6.92 Å². The second-order valence-corrected chi connectivity index (χ2v) is 5.24. The van der Waals surface area contributed by atoms with Crippen LogP contribution in [0.5, 0.6) is 0 Å². The number of hydrogen-bond donors (Lipinski definition) is 0. The third kappa shape index (κ3) is 3.67. The van der Waals surface area contributed by atoms with E-state index in [1.54, 1.807) is 12.3 Å². The Labute approximate surface area is 117 Å². The van der Waals surface area contributed by atoms with Gasteiger partial charge in [0.15, 0.2) is 10.8 Å². The second kappa shape index (κ2) is 6.86. The van der Waals surface area contributed by atoms with E-state index in [0.717, 1.165) is 37.7 Å². The van der Waals surface area contributed by atoms with E-state index in [-0.39, 0.29) is 12.1 Å². The van der Waals surface area contributed by atoms with Crippen molar-refractivity contribution in [2.45, 2.75) is 32.8 Å². The molecule has 5 nitrogen and oxygen atoms in total. The van der Waals surface area contributed by atoms with Gasteiger partial charge in [-0.3, -0.25) is 0 Å². The van der Waals surface area contributed by atoms with Crippen molar-refractivity contribution in [2.75, 3.05) is 31.2 Å². The highest BCUT2D eigenvalue weighted by Crippen LogP contribution is 2.25. The normalized spacial score (nSPS) is 19.5. The molecule has 1 aromatic rings. The molecule has 6 heteroatoms. The van der Waals surface area contributed by atoms with Gasteiger partial charge in [0.1, 0.15) is 0 Å². The molecule has 1 unspecified atom stereocenters. The first-order valence-corrected chi connectivity index (χ1v) is 7.61. The van der Waals surface area contributed by atoms with Crippen LogP contribution in [0, 0.1) is 0 Å². The SMILES string of the molecule is CCOC(=O)c1csc(N2CCCC(OCC)C2)n1. The van der Waals surface area contributed by atoms with E-state index >= 15 is 0 Å². The fourth-order valence-electron chi connectivity index (χ4n) is 2.19. The standard InChI is InChI=1S/C13H20N2O3S/c1-3-17-10-6-5-7-15(8-10)13-14-11(9-19-13)12(16)18-4-2/h9-10H,3-8H2,1-2H3. The van der Waals surface area contributed by atoms with Crippen molar-refractivity contribution in [3.8, 4) is 0 Å². The monoisotopic (exact) mass is 284 g/mol.